The van der Waals surface area contributed by atoms with E-state index in [2.05, 4.69) is 14.9 Å². The summed E-state index contributed by atoms with van der Waals surface area (Å²) >= 11 is 0. The predicted molar refractivity (Wildman–Crippen MR) is 134 cm³/mol. The number of fused-ring (bicyclic) bond motifs is 1. The molecule has 0 amide bonds. The lowest BCUT2D eigenvalue weighted by Crippen LogP contribution is -2.49. The van der Waals surface area contributed by atoms with E-state index >= 15 is 0 Å². The minimum absolute atomic E-state index is 0.119. The van der Waals surface area contributed by atoms with E-state index in [0.717, 1.165) is 16.7 Å². The van der Waals surface area contributed by atoms with Crippen LogP contribution in [0.25, 0.3) is 11.1 Å². The zero-order valence-electron chi connectivity index (χ0n) is 20.3. The number of hydrogen-bond acceptors (Lipinski definition) is 7. The second-order valence-corrected chi connectivity index (χ2v) is 11.1. The van der Waals surface area contributed by atoms with Crippen molar-refractivity contribution in [1.29, 1.82) is 0 Å². The Hall–Kier alpha value is -2.85. The third-order valence-electron chi connectivity index (χ3n) is 6.33. The topological polar surface area (TPSA) is 95.9 Å². The molecule has 4 rings (SSSR count). The fourth-order valence-electron chi connectivity index (χ4n) is 4.35. The Bertz CT molecular complexity index is 1220. The van der Waals surface area contributed by atoms with Gasteiger partial charge in [0, 0.05) is 49.6 Å². The Morgan fingerprint density at radius 1 is 1.14 bits per heavy atom. The maximum Gasteiger partial charge on any atom is 0.247 e. The number of nitrogens with zero attached hydrogens (tertiary/aromatic N) is 4. The van der Waals surface area contributed by atoms with Crippen molar-refractivity contribution in [3.63, 3.8) is 0 Å². The Morgan fingerprint density at radius 3 is 2.54 bits per heavy atom. The minimum atomic E-state index is -3.87. The number of hydrogen-bond donors (Lipinski definition) is 1. The molecule has 1 aromatic heterocycles. The van der Waals surface area contributed by atoms with Gasteiger partial charge in [-0.2, -0.15) is 4.31 Å². The smallest absolute Gasteiger partial charge is 0.247 e. The summed E-state index contributed by atoms with van der Waals surface area (Å²) in [5.74, 6) is 0.205. The van der Waals surface area contributed by atoms with Crippen LogP contribution in [0.4, 0.5) is 0 Å². The summed E-state index contributed by atoms with van der Waals surface area (Å²) in [5.41, 5.74) is 2.84. The second-order valence-electron chi connectivity index (χ2n) is 9.21. The maximum atomic E-state index is 13.7. The monoisotopic (exact) mass is 496 g/mol. The number of ether oxygens (including phenoxy) is 1. The van der Waals surface area contributed by atoms with Crippen molar-refractivity contribution in [2.45, 2.75) is 37.4 Å². The molecule has 9 heteroatoms. The molecule has 3 atom stereocenters. The van der Waals surface area contributed by atoms with Crippen LogP contribution in [0.15, 0.2) is 72.1 Å². The van der Waals surface area contributed by atoms with Crippen molar-refractivity contribution in [1.82, 2.24) is 19.2 Å². The number of aromatic nitrogens is 2. The summed E-state index contributed by atoms with van der Waals surface area (Å²) in [6.45, 7) is 4.91. The van der Waals surface area contributed by atoms with Crippen LogP contribution < -0.4 is 4.74 Å². The molecule has 2 heterocycles. The van der Waals surface area contributed by atoms with Crippen molar-refractivity contribution in [3.8, 4) is 16.9 Å². The van der Waals surface area contributed by atoms with Crippen LogP contribution in [-0.4, -0.2) is 71.6 Å². The maximum absolute atomic E-state index is 13.7. The molecule has 1 aliphatic heterocycles. The van der Waals surface area contributed by atoms with Gasteiger partial charge in [-0.25, -0.2) is 18.4 Å². The summed E-state index contributed by atoms with van der Waals surface area (Å²) in [4.78, 5) is 10.4. The first-order valence-electron chi connectivity index (χ1n) is 11.7. The average Bonchev–Trinajstić information content (AvgIpc) is 2.86. The van der Waals surface area contributed by atoms with Crippen molar-refractivity contribution in [3.05, 3.63) is 72.8 Å². The van der Waals surface area contributed by atoms with Gasteiger partial charge in [0.15, 0.2) is 0 Å². The normalized spacial score (nSPS) is 20.9. The van der Waals surface area contributed by atoms with Gasteiger partial charge in [0.05, 0.1) is 6.61 Å². The number of rotatable bonds is 7. The number of benzene rings is 2. The summed E-state index contributed by atoms with van der Waals surface area (Å²) in [5, 5.41) is 9.83. The molecule has 1 N–H and O–H groups in total. The molecule has 2 aromatic carbocycles. The van der Waals surface area contributed by atoms with Crippen molar-refractivity contribution in [2.75, 3.05) is 26.7 Å². The largest absolute Gasteiger partial charge is 0.487 e. The molecule has 8 nitrogen and oxygen atoms in total. The number of aliphatic hydroxyl groups is 1. The summed E-state index contributed by atoms with van der Waals surface area (Å²) in [7, 11) is -1.87. The molecular weight excluding hydrogens is 464 g/mol. The second kappa shape index (κ2) is 10.8. The van der Waals surface area contributed by atoms with Gasteiger partial charge in [-0.15, -0.1) is 0 Å². The fourth-order valence-corrected chi connectivity index (χ4v) is 6.17. The van der Waals surface area contributed by atoms with Crippen LogP contribution in [0.3, 0.4) is 0 Å². The number of aliphatic hydroxyl groups excluding tert-OH is 1. The summed E-state index contributed by atoms with van der Waals surface area (Å²) in [6, 6.07) is 14.5. The first-order valence-corrected chi connectivity index (χ1v) is 13.1. The van der Waals surface area contributed by atoms with Crippen molar-refractivity contribution >= 4 is 10.0 Å². The molecule has 0 saturated heterocycles. The van der Waals surface area contributed by atoms with Crippen LogP contribution in [0.1, 0.15) is 19.4 Å². The van der Waals surface area contributed by atoms with Crippen LogP contribution in [-0.2, 0) is 16.6 Å². The molecule has 1 aliphatic rings. The van der Waals surface area contributed by atoms with Crippen LogP contribution in [0, 0.1) is 5.92 Å². The molecule has 35 heavy (non-hydrogen) atoms. The Kier molecular flexibility index (Phi) is 7.81. The standard InChI is InChI=1S/C26H32N4O4S/c1-19-14-30(20(2)17-31)35(32,33)26-10-9-23(22-7-5-4-6-8-22)11-24(26)34-25(19)16-29(3)15-21-12-27-18-28-13-21/h4-13,18-20,25,31H,14-17H2,1-3H3/t19-,20-,25+/m1/s1. The Morgan fingerprint density at radius 2 is 1.86 bits per heavy atom. The highest BCUT2D eigenvalue weighted by Crippen LogP contribution is 2.36. The van der Waals surface area contributed by atoms with Gasteiger partial charge >= 0.3 is 0 Å². The molecule has 3 aromatic rings. The van der Waals surface area contributed by atoms with Gasteiger partial charge in [0.25, 0.3) is 0 Å². The third kappa shape index (κ3) is 5.70. The van der Waals surface area contributed by atoms with Gasteiger partial charge in [-0.3, -0.25) is 4.90 Å². The lowest BCUT2D eigenvalue weighted by atomic mass is 10.0. The highest BCUT2D eigenvalue weighted by molar-refractivity contribution is 7.89. The third-order valence-corrected chi connectivity index (χ3v) is 8.35. The highest BCUT2D eigenvalue weighted by atomic mass is 32.2. The van der Waals surface area contributed by atoms with Crippen LogP contribution in [0.2, 0.25) is 0 Å². The molecule has 0 spiro atoms. The molecular formula is C26H32N4O4S. The zero-order chi connectivity index (χ0) is 25.0. The summed E-state index contributed by atoms with van der Waals surface area (Å²) in [6.07, 6.45) is 4.79. The first-order chi connectivity index (χ1) is 16.8. The van der Waals surface area contributed by atoms with E-state index in [1.807, 2.05) is 44.3 Å². The molecule has 0 bridgehead atoms. The van der Waals surface area contributed by atoms with E-state index in [0.29, 0.717) is 18.8 Å². The van der Waals surface area contributed by atoms with Gasteiger partial charge in [0.2, 0.25) is 10.0 Å². The van der Waals surface area contributed by atoms with Crippen LogP contribution in [0.5, 0.6) is 5.75 Å². The van der Waals surface area contributed by atoms with Crippen molar-refractivity contribution < 1.29 is 18.3 Å². The fraction of sp³-hybridized carbons (Fsp3) is 0.385. The lowest BCUT2D eigenvalue weighted by Gasteiger charge is -2.37. The molecule has 0 fully saturated rings. The number of sulfonamides is 1. The van der Waals surface area contributed by atoms with E-state index in [9.17, 15) is 13.5 Å². The van der Waals surface area contributed by atoms with Crippen molar-refractivity contribution in [2.24, 2.45) is 5.92 Å². The van der Waals surface area contributed by atoms with Gasteiger partial charge in [-0.05, 0) is 37.2 Å². The molecule has 0 aliphatic carbocycles. The summed E-state index contributed by atoms with van der Waals surface area (Å²) < 4.78 is 35.2. The molecule has 0 radical (unpaired) electrons. The van der Waals surface area contributed by atoms with E-state index in [1.165, 1.54) is 10.6 Å². The van der Waals surface area contributed by atoms with Gasteiger partial charge < -0.3 is 9.84 Å². The predicted octanol–water partition coefficient (Wildman–Crippen LogP) is 3.04. The van der Waals surface area contributed by atoms with E-state index in [1.54, 1.807) is 37.5 Å². The number of likely N-dealkylation sites (N-methyl/N-ethyl adjacent to an activating group) is 1. The Balaban J connectivity index is 1.72. The Labute approximate surface area is 207 Å². The SMILES string of the molecule is C[C@@H]1CN([C@H](C)CO)S(=O)(=O)c2ccc(-c3ccccc3)cc2O[C@H]1CN(C)Cc1cncnc1. The van der Waals surface area contributed by atoms with Gasteiger partial charge in [0.1, 0.15) is 23.1 Å². The van der Waals surface area contributed by atoms with Gasteiger partial charge in [-0.1, -0.05) is 43.3 Å². The average molecular weight is 497 g/mol. The van der Waals surface area contributed by atoms with Crippen LogP contribution >= 0.6 is 0 Å². The first kappa shape index (κ1) is 25.2. The van der Waals surface area contributed by atoms with E-state index in [-0.39, 0.29) is 30.1 Å². The quantitative estimate of drug-likeness (QED) is 0.537. The molecule has 186 valence electrons. The molecule has 0 unspecified atom stereocenters. The van der Waals surface area contributed by atoms with E-state index < -0.39 is 16.1 Å². The lowest BCUT2D eigenvalue weighted by molar-refractivity contribution is 0.0733. The molecule has 0 saturated carbocycles. The minimum Gasteiger partial charge on any atom is -0.487 e. The van der Waals surface area contributed by atoms with E-state index in [4.69, 9.17) is 4.74 Å². The zero-order valence-corrected chi connectivity index (χ0v) is 21.1. The highest BCUT2D eigenvalue weighted by Gasteiger charge is 2.38.